The van der Waals surface area contributed by atoms with E-state index in [1.54, 1.807) is 35.2 Å². The molecule has 0 N–H and O–H groups in total. The number of benzene rings is 2. The second-order valence-corrected chi connectivity index (χ2v) is 6.78. The molecule has 6 heteroatoms. The van der Waals surface area contributed by atoms with Gasteiger partial charge in [-0.3, -0.25) is 9.59 Å². The second-order valence-electron chi connectivity index (χ2n) is 6.34. The highest BCUT2D eigenvalue weighted by Crippen LogP contribution is 2.32. The highest BCUT2D eigenvalue weighted by molar-refractivity contribution is 6.30. The molecular weight excluding hydrogens is 338 g/mol. The highest BCUT2D eigenvalue weighted by atomic mass is 35.5. The van der Waals surface area contributed by atoms with Gasteiger partial charge in [-0.2, -0.15) is 0 Å². The quantitative estimate of drug-likeness (QED) is 0.658. The maximum Gasteiger partial charge on any atom is 0.257 e. The molecule has 0 unspecified atom stereocenters. The van der Waals surface area contributed by atoms with Gasteiger partial charge in [0.05, 0.1) is 29.5 Å². The Hall–Kier alpha value is -2.66. The van der Waals surface area contributed by atoms with Crippen LogP contribution in [0, 0.1) is 13.8 Å². The third kappa shape index (κ3) is 2.51. The molecule has 1 fully saturated rings. The van der Waals surface area contributed by atoms with E-state index in [4.69, 9.17) is 11.6 Å². The molecule has 1 atom stereocenters. The fourth-order valence-electron chi connectivity index (χ4n) is 3.23. The predicted octanol–water partition coefficient (Wildman–Crippen LogP) is 3.81. The first-order valence-electron chi connectivity index (χ1n) is 8.02. The zero-order valence-corrected chi connectivity index (χ0v) is 14.6. The fraction of sp³-hybridized carbons (Fsp3) is 0.211. The molecule has 1 aromatic heterocycles. The minimum Gasteiger partial charge on any atom is -0.317 e. The maximum absolute atomic E-state index is 12.9. The van der Waals surface area contributed by atoms with E-state index in [0.717, 1.165) is 22.2 Å². The van der Waals surface area contributed by atoms with Gasteiger partial charge in [-0.05, 0) is 61.4 Å². The molecule has 4 rings (SSSR count). The van der Waals surface area contributed by atoms with Crippen molar-refractivity contribution in [2.24, 2.45) is 0 Å². The number of amides is 2. The third-order valence-electron chi connectivity index (χ3n) is 4.73. The third-order valence-corrected chi connectivity index (χ3v) is 4.99. The summed E-state index contributed by atoms with van der Waals surface area (Å²) in [4.78, 5) is 31.0. The fourth-order valence-corrected chi connectivity index (χ4v) is 3.35. The molecular formula is C19H16ClN3O2. The largest absolute Gasteiger partial charge is 0.317 e. The first-order chi connectivity index (χ1) is 12.0. The van der Waals surface area contributed by atoms with Gasteiger partial charge < -0.3 is 4.57 Å². The lowest BCUT2D eigenvalue weighted by atomic mass is 10.1. The number of imide groups is 1. The first kappa shape index (κ1) is 15.8. The molecule has 0 aliphatic carbocycles. The van der Waals surface area contributed by atoms with Crippen LogP contribution in [0.3, 0.4) is 0 Å². The van der Waals surface area contributed by atoms with Crippen LogP contribution in [-0.4, -0.2) is 21.4 Å². The van der Waals surface area contributed by atoms with Crippen molar-refractivity contribution in [3.05, 3.63) is 58.9 Å². The van der Waals surface area contributed by atoms with E-state index in [0.29, 0.717) is 10.7 Å². The summed E-state index contributed by atoms with van der Waals surface area (Å²) in [5.74, 6) is -0.465. The Balaban J connectivity index is 1.75. The number of fused-ring (bicyclic) bond motifs is 1. The number of rotatable bonds is 2. The van der Waals surface area contributed by atoms with Crippen molar-refractivity contribution < 1.29 is 9.59 Å². The molecule has 1 aliphatic rings. The summed E-state index contributed by atoms with van der Waals surface area (Å²) in [7, 11) is 0. The van der Waals surface area contributed by atoms with Crippen molar-refractivity contribution >= 4 is 40.1 Å². The summed E-state index contributed by atoms with van der Waals surface area (Å²) in [6.45, 7) is 4.05. The number of hydrogen-bond donors (Lipinski definition) is 0. The van der Waals surface area contributed by atoms with Gasteiger partial charge >= 0.3 is 0 Å². The van der Waals surface area contributed by atoms with E-state index in [2.05, 4.69) is 4.98 Å². The molecule has 2 heterocycles. The van der Waals surface area contributed by atoms with E-state index in [-0.39, 0.29) is 18.2 Å². The van der Waals surface area contributed by atoms with E-state index >= 15 is 0 Å². The number of carbonyl (C=O) groups excluding carboxylic acids is 2. The van der Waals surface area contributed by atoms with Gasteiger partial charge in [-0.15, -0.1) is 0 Å². The molecule has 2 amide bonds. The molecule has 0 radical (unpaired) electrons. The summed E-state index contributed by atoms with van der Waals surface area (Å²) in [5, 5.41) is 0.561. The predicted molar refractivity (Wildman–Crippen MR) is 96.8 cm³/mol. The number of imidazole rings is 1. The lowest BCUT2D eigenvalue weighted by Gasteiger charge is -2.16. The van der Waals surface area contributed by atoms with Crippen molar-refractivity contribution in [2.45, 2.75) is 26.3 Å². The van der Waals surface area contributed by atoms with Crippen molar-refractivity contribution in [3.8, 4) is 0 Å². The van der Waals surface area contributed by atoms with Crippen molar-refractivity contribution in [1.82, 2.24) is 9.55 Å². The minimum atomic E-state index is -0.574. The SMILES string of the molecule is Cc1cc2ncn([C@H]3CC(=O)N(c4ccc(Cl)cc4)C3=O)c2cc1C. The summed E-state index contributed by atoms with van der Waals surface area (Å²) in [5.41, 5.74) is 4.51. The first-order valence-corrected chi connectivity index (χ1v) is 8.39. The molecule has 1 saturated heterocycles. The molecule has 3 aromatic rings. The Morgan fingerprint density at radius 2 is 1.76 bits per heavy atom. The van der Waals surface area contributed by atoms with Gasteiger partial charge in [0, 0.05) is 5.02 Å². The summed E-state index contributed by atoms with van der Waals surface area (Å²) in [6.07, 6.45) is 1.77. The van der Waals surface area contributed by atoms with Crippen LogP contribution in [0.15, 0.2) is 42.7 Å². The standard InChI is InChI=1S/C19H16ClN3O2/c1-11-7-15-16(8-12(11)2)22(10-21-15)17-9-18(24)23(19(17)25)14-5-3-13(20)4-6-14/h3-8,10,17H,9H2,1-2H3/t17-/m0/s1. The van der Waals surface area contributed by atoms with Crippen LogP contribution in [0.1, 0.15) is 23.6 Å². The normalized spacial score (nSPS) is 17.7. The number of aryl methyl sites for hydroxylation is 2. The Morgan fingerprint density at radius 1 is 1.08 bits per heavy atom. The zero-order chi connectivity index (χ0) is 17.7. The van der Waals surface area contributed by atoms with Crippen LogP contribution in [0.2, 0.25) is 5.02 Å². The smallest absolute Gasteiger partial charge is 0.257 e. The van der Waals surface area contributed by atoms with Gasteiger partial charge in [-0.25, -0.2) is 9.88 Å². The molecule has 1 aliphatic heterocycles. The molecule has 0 bridgehead atoms. The lowest BCUT2D eigenvalue weighted by Crippen LogP contribution is -2.30. The van der Waals surface area contributed by atoms with Gasteiger partial charge in [0.25, 0.3) is 5.91 Å². The lowest BCUT2D eigenvalue weighted by molar-refractivity contribution is -0.122. The molecule has 0 saturated carbocycles. The van der Waals surface area contributed by atoms with Crippen molar-refractivity contribution in [3.63, 3.8) is 0 Å². The average molecular weight is 354 g/mol. The van der Waals surface area contributed by atoms with E-state index in [1.165, 1.54) is 4.90 Å². The topological polar surface area (TPSA) is 55.2 Å². The maximum atomic E-state index is 12.9. The van der Waals surface area contributed by atoms with E-state index in [9.17, 15) is 9.59 Å². The van der Waals surface area contributed by atoms with E-state index < -0.39 is 6.04 Å². The Kier molecular flexibility index (Phi) is 3.62. The van der Waals surface area contributed by atoms with Crippen molar-refractivity contribution in [1.29, 1.82) is 0 Å². The zero-order valence-electron chi connectivity index (χ0n) is 13.9. The van der Waals surface area contributed by atoms with Crippen LogP contribution in [0.25, 0.3) is 11.0 Å². The Bertz CT molecular complexity index is 1010. The average Bonchev–Trinajstić information content (AvgIpc) is 3.10. The number of halogens is 1. The second kappa shape index (κ2) is 5.70. The van der Waals surface area contributed by atoms with Crippen LogP contribution in [0.5, 0.6) is 0 Å². The number of carbonyl (C=O) groups is 2. The summed E-state index contributed by atoms with van der Waals surface area (Å²) >= 11 is 5.89. The summed E-state index contributed by atoms with van der Waals surface area (Å²) < 4.78 is 1.80. The molecule has 5 nitrogen and oxygen atoms in total. The van der Waals surface area contributed by atoms with Crippen LogP contribution in [-0.2, 0) is 9.59 Å². The number of anilines is 1. The van der Waals surface area contributed by atoms with Crippen LogP contribution < -0.4 is 4.90 Å². The molecule has 126 valence electrons. The molecule has 0 spiro atoms. The number of hydrogen-bond acceptors (Lipinski definition) is 3. The highest BCUT2D eigenvalue weighted by Gasteiger charge is 2.41. The number of aromatic nitrogens is 2. The number of nitrogens with zero attached hydrogens (tertiary/aromatic N) is 3. The monoisotopic (exact) mass is 353 g/mol. The van der Waals surface area contributed by atoms with Gasteiger partial charge in [0.2, 0.25) is 5.91 Å². The Labute approximate surface area is 149 Å². The minimum absolute atomic E-state index is 0.125. The Morgan fingerprint density at radius 3 is 2.48 bits per heavy atom. The van der Waals surface area contributed by atoms with Gasteiger partial charge in [0.15, 0.2) is 0 Å². The summed E-state index contributed by atoms with van der Waals surface area (Å²) in [6, 6.07) is 10.1. The van der Waals surface area contributed by atoms with E-state index in [1.807, 2.05) is 26.0 Å². The molecule has 25 heavy (non-hydrogen) atoms. The molecule has 2 aromatic carbocycles. The van der Waals surface area contributed by atoms with Crippen LogP contribution >= 0.6 is 11.6 Å². The van der Waals surface area contributed by atoms with Gasteiger partial charge in [-0.1, -0.05) is 11.6 Å². The van der Waals surface area contributed by atoms with Gasteiger partial charge in [0.1, 0.15) is 6.04 Å². The van der Waals surface area contributed by atoms with Crippen LogP contribution in [0.4, 0.5) is 5.69 Å². The van der Waals surface area contributed by atoms with Crippen molar-refractivity contribution in [2.75, 3.05) is 4.90 Å².